The molecule has 0 spiro atoms. The second kappa shape index (κ2) is 6.91. The van der Waals surface area contributed by atoms with Gasteiger partial charge in [-0.2, -0.15) is 0 Å². The van der Waals surface area contributed by atoms with Gasteiger partial charge >= 0.3 is 0 Å². The number of aromatic hydroxyl groups is 1. The maximum atomic E-state index is 12.0. The van der Waals surface area contributed by atoms with E-state index in [1.165, 1.54) is 18.2 Å². The predicted octanol–water partition coefficient (Wildman–Crippen LogP) is 1.11. The van der Waals surface area contributed by atoms with Crippen molar-refractivity contribution in [3.63, 3.8) is 0 Å². The second-order valence-electron chi connectivity index (χ2n) is 4.93. The van der Waals surface area contributed by atoms with Crippen molar-refractivity contribution in [3.8, 4) is 5.75 Å². The molecule has 0 fully saturated rings. The van der Waals surface area contributed by atoms with Crippen molar-refractivity contribution >= 4 is 5.91 Å². The van der Waals surface area contributed by atoms with Gasteiger partial charge in [0.05, 0.1) is 6.10 Å². The first-order chi connectivity index (χ1) is 10.5. The molecule has 1 aromatic heterocycles. The summed E-state index contributed by atoms with van der Waals surface area (Å²) >= 11 is 0. The first kappa shape index (κ1) is 15.8. The summed E-state index contributed by atoms with van der Waals surface area (Å²) in [7, 11) is 0. The van der Waals surface area contributed by atoms with Gasteiger partial charge in [-0.3, -0.25) is 9.59 Å². The van der Waals surface area contributed by atoms with E-state index in [4.69, 9.17) is 0 Å². The number of rotatable bonds is 5. The van der Waals surface area contributed by atoms with Crippen molar-refractivity contribution in [2.24, 2.45) is 0 Å². The number of phenolic OH excluding ortho intramolecular Hbond substituents is 1. The minimum absolute atomic E-state index is 0.0118. The number of hydrogen-bond acceptors (Lipinski definition) is 4. The predicted molar refractivity (Wildman–Crippen MR) is 81.8 cm³/mol. The number of amides is 1. The zero-order valence-corrected chi connectivity index (χ0v) is 12.2. The van der Waals surface area contributed by atoms with Crippen LogP contribution in [-0.2, 0) is 6.42 Å². The fourth-order valence-corrected chi connectivity index (χ4v) is 2.03. The molecule has 116 valence electrons. The molecular formula is C16H18N2O4. The van der Waals surface area contributed by atoms with Gasteiger partial charge in [-0.05, 0) is 30.2 Å². The van der Waals surface area contributed by atoms with Crippen LogP contribution in [-0.4, -0.2) is 27.6 Å². The van der Waals surface area contributed by atoms with Gasteiger partial charge < -0.3 is 20.5 Å². The molecule has 1 atom stereocenters. The van der Waals surface area contributed by atoms with Crippen LogP contribution in [0.4, 0.5) is 0 Å². The monoisotopic (exact) mass is 302 g/mol. The average Bonchev–Trinajstić information content (AvgIpc) is 2.52. The molecule has 0 aliphatic carbocycles. The average molecular weight is 302 g/mol. The van der Waals surface area contributed by atoms with Crippen LogP contribution in [0.1, 0.15) is 34.6 Å². The number of aliphatic hydroxyl groups is 1. The number of aromatic amines is 1. The highest BCUT2D eigenvalue weighted by atomic mass is 16.3. The number of benzene rings is 1. The highest BCUT2D eigenvalue weighted by Crippen LogP contribution is 2.16. The van der Waals surface area contributed by atoms with Crippen LogP contribution in [0.3, 0.4) is 0 Å². The molecule has 1 amide bonds. The Kier molecular flexibility index (Phi) is 4.95. The topological polar surface area (TPSA) is 102 Å². The summed E-state index contributed by atoms with van der Waals surface area (Å²) in [6, 6.07) is 8.92. The number of nitrogens with one attached hydrogen (secondary N) is 2. The molecular weight excluding hydrogens is 284 g/mol. The minimum Gasteiger partial charge on any atom is -0.508 e. The number of carbonyl (C=O) groups is 1. The summed E-state index contributed by atoms with van der Waals surface area (Å²) in [5.41, 5.74) is 1.19. The maximum Gasteiger partial charge on any atom is 0.251 e. The standard InChI is InChI=1S/C16H18N2O4/c1-2-12-7-11(8-15(21)18-12)16(22)17-9-14(20)10-3-5-13(19)6-4-10/h3-8,14,19-20H,2,9H2,1H3,(H,17,22)(H,18,21)/t14-/m1/s1. The van der Waals surface area contributed by atoms with Crippen LogP contribution in [0.5, 0.6) is 5.75 Å². The van der Waals surface area contributed by atoms with Crippen molar-refractivity contribution in [2.75, 3.05) is 6.54 Å². The summed E-state index contributed by atoms with van der Waals surface area (Å²) in [4.78, 5) is 26.1. The second-order valence-corrected chi connectivity index (χ2v) is 4.93. The number of pyridine rings is 1. The van der Waals surface area contributed by atoms with Crippen molar-refractivity contribution in [1.29, 1.82) is 0 Å². The smallest absolute Gasteiger partial charge is 0.251 e. The molecule has 0 aliphatic heterocycles. The molecule has 0 saturated heterocycles. The third-order valence-electron chi connectivity index (χ3n) is 3.28. The van der Waals surface area contributed by atoms with Crippen LogP contribution in [0, 0.1) is 0 Å². The number of aromatic nitrogens is 1. The molecule has 0 aliphatic rings. The fourth-order valence-electron chi connectivity index (χ4n) is 2.03. The Labute approximate surface area is 127 Å². The first-order valence-corrected chi connectivity index (χ1v) is 6.98. The highest BCUT2D eigenvalue weighted by molar-refractivity contribution is 5.94. The lowest BCUT2D eigenvalue weighted by molar-refractivity contribution is 0.0916. The highest BCUT2D eigenvalue weighted by Gasteiger charge is 2.12. The van der Waals surface area contributed by atoms with Crippen molar-refractivity contribution in [3.05, 3.63) is 63.6 Å². The maximum absolute atomic E-state index is 12.0. The Morgan fingerprint density at radius 1 is 1.27 bits per heavy atom. The quantitative estimate of drug-likeness (QED) is 0.664. The number of aryl methyl sites for hydroxylation is 1. The molecule has 22 heavy (non-hydrogen) atoms. The molecule has 1 aromatic carbocycles. The van der Waals surface area contributed by atoms with Crippen molar-refractivity contribution in [2.45, 2.75) is 19.4 Å². The number of carbonyl (C=O) groups excluding carboxylic acids is 1. The Morgan fingerprint density at radius 2 is 1.95 bits per heavy atom. The fraction of sp³-hybridized carbons (Fsp3) is 0.250. The van der Waals surface area contributed by atoms with Gasteiger partial charge in [0, 0.05) is 23.9 Å². The third-order valence-corrected chi connectivity index (χ3v) is 3.28. The molecule has 4 N–H and O–H groups in total. The largest absolute Gasteiger partial charge is 0.508 e. The van der Waals surface area contributed by atoms with Gasteiger partial charge in [0.15, 0.2) is 0 Å². The van der Waals surface area contributed by atoms with E-state index in [1.54, 1.807) is 18.2 Å². The van der Waals surface area contributed by atoms with E-state index >= 15 is 0 Å². The molecule has 1 heterocycles. The van der Waals surface area contributed by atoms with Gasteiger partial charge in [-0.15, -0.1) is 0 Å². The lowest BCUT2D eigenvalue weighted by atomic mass is 10.1. The number of aliphatic hydroxyl groups excluding tert-OH is 1. The third kappa shape index (κ3) is 3.95. The van der Waals surface area contributed by atoms with Gasteiger partial charge in [0.25, 0.3) is 5.91 Å². The van der Waals surface area contributed by atoms with Crippen LogP contribution in [0.2, 0.25) is 0 Å². The molecule has 2 rings (SSSR count). The van der Waals surface area contributed by atoms with Gasteiger partial charge in [0.2, 0.25) is 5.56 Å². The van der Waals surface area contributed by atoms with E-state index in [9.17, 15) is 19.8 Å². The zero-order chi connectivity index (χ0) is 16.1. The first-order valence-electron chi connectivity index (χ1n) is 6.98. The van der Waals surface area contributed by atoms with Gasteiger partial charge in [-0.1, -0.05) is 19.1 Å². The van der Waals surface area contributed by atoms with Crippen LogP contribution >= 0.6 is 0 Å². The minimum atomic E-state index is -0.891. The van der Waals surface area contributed by atoms with E-state index in [2.05, 4.69) is 10.3 Å². The Bertz CT molecular complexity index is 707. The molecule has 6 heteroatoms. The van der Waals surface area contributed by atoms with Crippen LogP contribution in [0.25, 0.3) is 0 Å². The molecule has 0 unspecified atom stereocenters. The SMILES string of the molecule is CCc1cc(C(=O)NC[C@@H](O)c2ccc(O)cc2)cc(=O)[nH]1. The summed E-state index contributed by atoms with van der Waals surface area (Å²) in [6.45, 7) is 1.89. The molecule has 0 saturated carbocycles. The van der Waals surface area contributed by atoms with Gasteiger partial charge in [0.1, 0.15) is 5.75 Å². The summed E-state index contributed by atoms with van der Waals surface area (Å²) in [5.74, 6) is -0.311. The molecule has 6 nitrogen and oxygen atoms in total. The van der Waals surface area contributed by atoms with E-state index < -0.39 is 12.0 Å². The summed E-state index contributed by atoms with van der Waals surface area (Å²) < 4.78 is 0. The number of H-pyrrole nitrogens is 1. The number of hydrogen-bond donors (Lipinski definition) is 4. The number of phenols is 1. The van der Waals surface area contributed by atoms with Crippen molar-refractivity contribution < 1.29 is 15.0 Å². The Morgan fingerprint density at radius 3 is 2.59 bits per heavy atom. The lowest BCUT2D eigenvalue weighted by Crippen LogP contribution is -2.29. The molecule has 0 bridgehead atoms. The Hall–Kier alpha value is -2.60. The van der Waals surface area contributed by atoms with E-state index in [1.807, 2.05) is 6.92 Å². The lowest BCUT2D eigenvalue weighted by Gasteiger charge is -2.12. The van der Waals surface area contributed by atoms with Crippen LogP contribution < -0.4 is 10.9 Å². The molecule has 2 aromatic rings. The summed E-state index contributed by atoms with van der Waals surface area (Å²) in [6.07, 6.45) is -0.274. The van der Waals surface area contributed by atoms with Gasteiger partial charge in [-0.25, -0.2) is 0 Å². The van der Waals surface area contributed by atoms with E-state index in [0.29, 0.717) is 17.7 Å². The van der Waals surface area contributed by atoms with E-state index in [0.717, 1.165) is 0 Å². The normalized spacial score (nSPS) is 11.9. The zero-order valence-electron chi connectivity index (χ0n) is 12.2. The van der Waals surface area contributed by atoms with E-state index in [-0.39, 0.29) is 23.4 Å². The van der Waals surface area contributed by atoms with Crippen molar-refractivity contribution in [1.82, 2.24) is 10.3 Å². The van der Waals surface area contributed by atoms with Crippen LogP contribution in [0.15, 0.2) is 41.2 Å². The molecule has 0 radical (unpaired) electrons. The summed E-state index contributed by atoms with van der Waals surface area (Å²) in [5, 5.41) is 21.8. The Balaban J connectivity index is 2.02.